The minimum absolute atomic E-state index is 0.744. The van der Waals surface area contributed by atoms with E-state index in [1.807, 2.05) is 24.3 Å². The third kappa shape index (κ3) is 3.99. The van der Waals surface area contributed by atoms with Crippen LogP contribution in [0.25, 0.3) is 0 Å². The third-order valence-corrected chi connectivity index (χ3v) is 4.27. The Morgan fingerprint density at radius 2 is 1.64 bits per heavy atom. The molecule has 25 heavy (non-hydrogen) atoms. The van der Waals surface area contributed by atoms with Gasteiger partial charge in [-0.25, -0.2) is 0 Å². The van der Waals surface area contributed by atoms with Gasteiger partial charge >= 0.3 is 0 Å². The Morgan fingerprint density at radius 1 is 0.880 bits per heavy atom. The number of anilines is 1. The molecule has 0 saturated heterocycles. The van der Waals surface area contributed by atoms with Crippen LogP contribution < -0.4 is 19.1 Å². The highest BCUT2D eigenvalue weighted by Crippen LogP contribution is 2.32. The number of hydrogen-bond acceptors (Lipinski definition) is 5. The quantitative estimate of drug-likeness (QED) is 0.804. The van der Waals surface area contributed by atoms with E-state index in [0.29, 0.717) is 0 Å². The predicted octanol–water partition coefficient (Wildman–Crippen LogP) is 3.51. The normalized spacial score (nSPS) is 13.7. The summed E-state index contributed by atoms with van der Waals surface area (Å²) >= 11 is 0. The molecule has 0 saturated carbocycles. The average molecular weight is 340 g/mol. The van der Waals surface area contributed by atoms with Crippen LogP contribution in [-0.4, -0.2) is 39.4 Å². The summed E-state index contributed by atoms with van der Waals surface area (Å²) in [6.45, 7) is 2.54. The Balaban J connectivity index is 1.70. The van der Waals surface area contributed by atoms with Crippen LogP contribution in [0.2, 0.25) is 0 Å². The fourth-order valence-electron chi connectivity index (χ4n) is 2.92. The van der Waals surface area contributed by atoms with Crippen LogP contribution in [0, 0.1) is 0 Å². The highest BCUT2D eigenvalue weighted by atomic mass is 16.5. The summed E-state index contributed by atoms with van der Waals surface area (Å²) in [6, 6.07) is 14.2. The SMILES string of the molecule is COc1ccc(CN2C=CCN(c3ccc(OC)c(OC)c3)C2)cc1. The van der Waals surface area contributed by atoms with E-state index >= 15 is 0 Å². The number of ether oxygens (including phenoxy) is 3. The van der Waals surface area contributed by atoms with Crippen molar-refractivity contribution in [3.05, 3.63) is 60.3 Å². The first kappa shape index (κ1) is 17.0. The lowest BCUT2D eigenvalue weighted by Gasteiger charge is -2.34. The van der Waals surface area contributed by atoms with E-state index in [-0.39, 0.29) is 0 Å². The van der Waals surface area contributed by atoms with Crippen molar-refractivity contribution in [2.75, 3.05) is 39.4 Å². The first-order valence-electron chi connectivity index (χ1n) is 8.24. The molecule has 0 bridgehead atoms. The summed E-state index contributed by atoms with van der Waals surface area (Å²) in [5, 5.41) is 0. The molecular weight excluding hydrogens is 316 g/mol. The molecule has 0 spiro atoms. The van der Waals surface area contributed by atoms with Crippen molar-refractivity contribution in [1.29, 1.82) is 0 Å². The molecule has 0 aromatic heterocycles. The van der Waals surface area contributed by atoms with Crippen LogP contribution in [0.1, 0.15) is 5.56 Å². The zero-order valence-corrected chi connectivity index (χ0v) is 14.9. The molecule has 2 aromatic rings. The van der Waals surface area contributed by atoms with Crippen LogP contribution in [0.5, 0.6) is 17.2 Å². The Labute approximate surface area is 149 Å². The standard InChI is InChI=1S/C20H24N2O3/c1-23-18-8-5-16(6-9-18)14-21-11-4-12-22(15-21)17-7-10-19(24-2)20(13-17)25-3/h4-11,13H,12,14-15H2,1-3H3. The van der Waals surface area contributed by atoms with Gasteiger partial charge in [-0.05, 0) is 42.1 Å². The molecule has 1 aliphatic heterocycles. The van der Waals surface area contributed by atoms with E-state index < -0.39 is 0 Å². The second-order valence-electron chi connectivity index (χ2n) is 5.88. The van der Waals surface area contributed by atoms with Gasteiger partial charge in [-0.3, -0.25) is 0 Å². The summed E-state index contributed by atoms with van der Waals surface area (Å²) in [4.78, 5) is 4.58. The van der Waals surface area contributed by atoms with Crippen molar-refractivity contribution in [3.63, 3.8) is 0 Å². The van der Waals surface area contributed by atoms with Crippen LogP contribution in [0.15, 0.2) is 54.7 Å². The third-order valence-electron chi connectivity index (χ3n) is 4.27. The van der Waals surface area contributed by atoms with Gasteiger partial charge < -0.3 is 24.0 Å². The Kier molecular flexibility index (Phi) is 5.33. The maximum Gasteiger partial charge on any atom is 0.162 e. The summed E-state index contributed by atoms with van der Waals surface area (Å²) < 4.78 is 16.0. The van der Waals surface area contributed by atoms with Crippen LogP contribution >= 0.6 is 0 Å². The van der Waals surface area contributed by atoms with Crippen molar-refractivity contribution in [2.24, 2.45) is 0 Å². The summed E-state index contributed by atoms with van der Waals surface area (Å²) in [7, 11) is 4.99. The zero-order valence-electron chi connectivity index (χ0n) is 14.9. The monoisotopic (exact) mass is 340 g/mol. The van der Waals surface area contributed by atoms with E-state index in [0.717, 1.165) is 42.7 Å². The molecule has 132 valence electrons. The summed E-state index contributed by atoms with van der Waals surface area (Å²) in [5.41, 5.74) is 2.36. The van der Waals surface area contributed by atoms with E-state index in [9.17, 15) is 0 Å². The van der Waals surface area contributed by atoms with Crippen molar-refractivity contribution >= 4 is 5.69 Å². The van der Waals surface area contributed by atoms with Gasteiger partial charge in [0.25, 0.3) is 0 Å². The maximum absolute atomic E-state index is 5.42. The van der Waals surface area contributed by atoms with Crippen LogP contribution in [0.4, 0.5) is 5.69 Å². The molecule has 0 fully saturated rings. The van der Waals surface area contributed by atoms with Gasteiger partial charge in [-0.15, -0.1) is 0 Å². The zero-order chi connectivity index (χ0) is 17.6. The fourth-order valence-corrected chi connectivity index (χ4v) is 2.92. The van der Waals surface area contributed by atoms with Crippen LogP contribution in [0.3, 0.4) is 0 Å². The minimum atomic E-state index is 0.744. The first-order chi connectivity index (χ1) is 12.2. The van der Waals surface area contributed by atoms with Crippen molar-refractivity contribution in [1.82, 2.24) is 4.90 Å². The van der Waals surface area contributed by atoms with E-state index in [4.69, 9.17) is 14.2 Å². The molecule has 2 aromatic carbocycles. The second-order valence-corrected chi connectivity index (χ2v) is 5.88. The smallest absolute Gasteiger partial charge is 0.162 e. The van der Waals surface area contributed by atoms with Gasteiger partial charge in [-0.2, -0.15) is 0 Å². The molecule has 0 atom stereocenters. The van der Waals surface area contributed by atoms with Gasteiger partial charge in [0.2, 0.25) is 0 Å². The van der Waals surface area contributed by atoms with Gasteiger partial charge in [-0.1, -0.05) is 12.1 Å². The lowest BCUT2D eigenvalue weighted by atomic mass is 10.2. The lowest BCUT2D eigenvalue weighted by molar-refractivity contribution is 0.349. The Hall–Kier alpha value is -2.82. The van der Waals surface area contributed by atoms with Crippen molar-refractivity contribution < 1.29 is 14.2 Å². The van der Waals surface area contributed by atoms with Gasteiger partial charge in [0.1, 0.15) is 5.75 Å². The molecule has 5 nitrogen and oxygen atoms in total. The molecule has 1 aliphatic rings. The maximum atomic E-state index is 5.42. The van der Waals surface area contributed by atoms with E-state index in [1.165, 1.54) is 5.56 Å². The molecule has 0 unspecified atom stereocenters. The highest BCUT2D eigenvalue weighted by Gasteiger charge is 2.15. The fraction of sp³-hybridized carbons (Fsp3) is 0.300. The predicted molar refractivity (Wildman–Crippen MR) is 99.4 cm³/mol. The number of benzene rings is 2. The topological polar surface area (TPSA) is 34.2 Å². The number of hydrogen-bond donors (Lipinski definition) is 0. The number of methoxy groups -OCH3 is 3. The van der Waals surface area contributed by atoms with E-state index in [1.54, 1.807) is 21.3 Å². The van der Waals surface area contributed by atoms with E-state index in [2.05, 4.69) is 40.3 Å². The minimum Gasteiger partial charge on any atom is -0.497 e. The second kappa shape index (κ2) is 7.83. The molecule has 5 heteroatoms. The van der Waals surface area contributed by atoms with Crippen LogP contribution in [-0.2, 0) is 6.54 Å². The molecular formula is C20H24N2O3. The van der Waals surface area contributed by atoms with Gasteiger partial charge in [0.15, 0.2) is 11.5 Å². The largest absolute Gasteiger partial charge is 0.497 e. The first-order valence-corrected chi connectivity index (χ1v) is 8.24. The lowest BCUT2D eigenvalue weighted by Crippen LogP contribution is -2.38. The molecule has 0 radical (unpaired) electrons. The molecule has 0 amide bonds. The number of rotatable bonds is 6. The molecule has 3 rings (SSSR count). The Morgan fingerprint density at radius 3 is 2.32 bits per heavy atom. The van der Waals surface area contributed by atoms with Crippen molar-refractivity contribution in [3.8, 4) is 17.2 Å². The highest BCUT2D eigenvalue weighted by molar-refractivity contribution is 5.57. The molecule has 0 N–H and O–H groups in total. The van der Waals surface area contributed by atoms with Crippen molar-refractivity contribution in [2.45, 2.75) is 6.54 Å². The number of nitrogens with zero attached hydrogens (tertiary/aromatic N) is 2. The average Bonchev–Trinajstić information content (AvgIpc) is 2.68. The van der Waals surface area contributed by atoms with Gasteiger partial charge in [0, 0.05) is 24.8 Å². The molecule has 0 aliphatic carbocycles. The molecule has 1 heterocycles. The van der Waals surface area contributed by atoms with Gasteiger partial charge in [0.05, 0.1) is 28.0 Å². The Bertz CT molecular complexity index is 728. The summed E-state index contributed by atoms with van der Waals surface area (Å²) in [5.74, 6) is 2.37. The summed E-state index contributed by atoms with van der Waals surface area (Å²) in [6.07, 6.45) is 4.32.